The smallest absolute Gasteiger partial charge is 0.242 e. The van der Waals surface area contributed by atoms with Crippen LogP contribution in [0, 0.1) is 5.92 Å². The number of imide groups is 1. The molecule has 0 aromatic carbocycles. The zero-order valence-electron chi connectivity index (χ0n) is 19.8. The van der Waals surface area contributed by atoms with E-state index in [4.69, 9.17) is 0 Å². The molecule has 1 N–H and O–H groups in total. The Balaban J connectivity index is 1.94. The van der Waals surface area contributed by atoms with Crippen LogP contribution in [0.4, 0.5) is 0 Å². The maximum Gasteiger partial charge on any atom is 0.242 e. The third-order valence-electron chi connectivity index (χ3n) is 7.02. The Kier molecular flexibility index (Phi) is 11.1. The average Bonchev–Trinajstić information content (AvgIpc) is 3.11. The van der Waals surface area contributed by atoms with Crippen molar-refractivity contribution in [2.75, 3.05) is 12.3 Å². The number of nitrogens with zero attached hydrogens (tertiary/aromatic N) is 1. The number of carbonyl (C=O) groups is 3. The Morgan fingerprint density at radius 2 is 1.94 bits per heavy atom. The third kappa shape index (κ3) is 7.37. The maximum atomic E-state index is 12.9. The molecule has 0 aromatic heterocycles. The molecule has 0 aromatic rings. The zero-order valence-corrected chi connectivity index (χ0v) is 20.6. The summed E-state index contributed by atoms with van der Waals surface area (Å²) in [6.45, 7) is 6.63. The Morgan fingerprint density at radius 1 is 1.16 bits per heavy atom. The number of hydrogen-bond donors (Lipinski definition) is 1. The van der Waals surface area contributed by atoms with E-state index in [-0.39, 0.29) is 47.9 Å². The molecule has 0 spiro atoms. The van der Waals surface area contributed by atoms with Crippen molar-refractivity contribution in [1.29, 1.82) is 0 Å². The third-order valence-corrected chi connectivity index (χ3v) is 8.32. The van der Waals surface area contributed by atoms with E-state index in [1.54, 1.807) is 11.8 Å². The number of rotatable bonds is 11. The van der Waals surface area contributed by atoms with Crippen LogP contribution in [-0.4, -0.2) is 45.7 Å². The van der Waals surface area contributed by atoms with Gasteiger partial charge in [-0.2, -0.15) is 0 Å². The lowest BCUT2D eigenvalue weighted by Gasteiger charge is -2.40. The molecule has 1 saturated heterocycles. The van der Waals surface area contributed by atoms with Gasteiger partial charge in [0.25, 0.3) is 0 Å². The molecule has 0 radical (unpaired) electrons. The summed E-state index contributed by atoms with van der Waals surface area (Å²) in [7, 11) is 0. The first-order valence-corrected chi connectivity index (χ1v) is 13.4. The number of allylic oxidation sites excluding steroid dienone is 2. The molecule has 1 heterocycles. The van der Waals surface area contributed by atoms with Crippen molar-refractivity contribution < 1.29 is 14.4 Å². The van der Waals surface area contributed by atoms with Gasteiger partial charge in [0.2, 0.25) is 17.7 Å². The van der Waals surface area contributed by atoms with Gasteiger partial charge >= 0.3 is 0 Å². The molecule has 0 saturated carbocycles. The van der Waals surface area contributed by atoms with Gasteiger partial charge in [-0.25, -0.2) is 0 Å². The molecule has 31 heavy (non-hydrogen) atoms. The fourth-order valence-corrected chi connectivity index (χ4v) is 6.15. The summed E-state index contributed by atoms with van der Waals surface area (Å²) < 4.78 is 0. The van der Waals surface area contributed by atoms with Crippen molar-refractivity contribution in [2.24, 2.45) is 5.92 Å². The standard InChI is InChI=1S/C25H42N2O3S/c1-4-7-18-31-21-19-23(29)27(24(21)30)17-16-22(28)26-25(5-2,6-3)20-14-12-10-8-9-11-13-15-20/h10,12,20-21H,4-9,11,13-19H2,1-3H3,(H,26,28)/b12-10+. The summed E-state index contributed by atoms with van der Waals surface area (Å²) in [6.07, 6.45) is 16.0. The number of thioether (sulfide) groups is 1. The predicted molar refractivity (Wildman–Crippen MR) is 129 cm³/mol. The molecule has 0 bridgehead atoms. The van der Waals surface area contributed by atoms with Crippen LogP contribution in [-0.2, 0) is 14.4 Å². The Bertz CT molecular complexity index is 630. The number of hydrogen-bond acceptors (Lipinski definition) is 4. The van der Waals surface area contributed by atoms with Crippen LogP contribution in [0.5, 0.6) is 0 Å². The van der Waals surface area contributed by atoms with Gasteiger partial charge in [-0.3, -0.25) is 19.3 Å². The molecule has 1 aliphatic carbocycles. The van der Waals surface area contributed by atoms with Crippen LogP contribution in [0.2, 0.25) is 0 Å². The minimum Gasteiger partial charge on any atom is -0.350 e. The highest BCUT2D eigenvalue weighted by atomic mass is 32.2. The van der Waals surface area contributed by atoms with Crippen molar-refractivity contribution >= 4 is 29.5 Å². The van der Waals surface area contributed by atoms with Crippen molar-refractivity contribution in [3.63, 3.8) is 0 Å². The van der Waals surface area contributed by atoms with E-state index >= 15 is 0 Å². The van der Waals surface area contributed by atoms with E-state index in [0.717, 1.165) is 50.7 Å². The molecule has 2 unspecified atom stereocenters. The Morgan fingerprint density at radius 3 is 2.65 bits per heavy atom. The number of unbranched alkanes of at least 4 members (excludes halogenated alkanes) is 1. The van der Waals surface area contributed by atoms with Crippen molar-refractivity contribution in [3.8, 4) is 0 Å². The first kappa shape index (κ1) is 26.0. The lowest BCUT2D eigenvalue weighted by Crippen LogP contribution is -2.53. The van der Waals surface area contributed by atoms with Crippen molar-refractivity contribution in [2.45, 2.75) is 109 Å². The van der Waals surface area contributed by atoms with E-state index in [1.165, 1.54) is 24.2 Å². The second-order valence-electron chi connectivity index (χ2n) is 9.00. The van der Waals surface area contributed by atoms with Crippen molar-refractivity contribution in [1.82, 2.24) is 10.2 Å². The Hall–Kier alpha value is -1.30. The number of likely N-dealkylation sites (tertiary alicyclic amines) is 1. The summed E-state index contributed by atoms with van der Waals surface area (Å²) >= 11 is 1.58. The van der Waals surface area contributed by atoms with Gasteiger partial charge in [0.1, 0.15) is 0 Å². The fourth-order valence-electron chi connectivity index (χ4n) is 4.88. The molecule has 6 heteroatoms. The minimum atomic E-state index is -0.266. The summed E-state index contributed by atoms with van der Waals surface area (Å²) in [4.78, 5) is 39.2. The highest BCUT2D eigenvalue weighted by Gasteiger charge is 2.40. The predicted octanol–water partition coefficient (Wildman–Crippen LogP) is 5.24. The molecule has 2 rings (SSSR count). The van der Waals surface area contributed by atoms with E-state index < -0.39 is 0 Å². The van der Waals surface area contributed by atoms with Gasteiger partial charge in [-0.1, -0.05) is 52.2 Å². The van der Waals surface area contributed by atoms with Gasteiger partial charge < -0.3 is 5.32 Å². The van der Waals surface area contributed by atoms with E-state index in [9.17, 15) is 14.4 Å². The lowest BCUT2D eigenvalue weighted by atomic mass is 9.74. The zero-order chi connectivity index (χ0) is 22.7. The number of carbonyl (C=O) groups excluding carboxylic acids is 3. The summed E-state index contributed by atoms with van der Waals surface area (Å²) in [5.74, 6) is 1.04. The first-order chi connectivity index (χ1) is 15.0. The van der Waals surface area contributed by atoms with Gasteiger partial charge in [-0.15, -0.1) is 11.8 Å². The summed E-state index contributed by atoms with van der Waals surface area (Å²) in [6, 6.07) is 0. The molecule has 2 aliphatic rings. The van der Waals surface area contributed by atoms with Gasteiger partial charge in [-0.05, 0) is 56.6 Å². The van der Waals surface area contributed by atoms with E-state index in [0.29, 0.717) is 5.92 Å². The first-order valence-electron chi connectivity index (χ1n) is 12.4. The summed E-state index contributed by atoms with van der Waals surface area (Å²) in [5, 5.41) is 3.08. The topological polar surface area (TPSA) is 66.5 Å². The van der Waals surface area contributed by atoms with E-state index in [1.807, 2.05) is 0 Å². The van der Waals surface area contributed by atoms with Crippen LogP contribution in [0.3, 0.4) is 0 Å². The second kappa shape index (κ2) is 13.3. The van der Waals surface area contributed by atoms with E-state index in [2.05, 4.69) is 38.2 Å². The largest absolute Gasteiger partial charge is 0.350 e. The monoisotopic (exact) mass is 450 g/mol. The van der Waals surface area contributed by atoms with Gasteiger partial charge in [0, 0.05) is 24.9 Å². The van der Waals surface area contributed by atoms with Gasteiger partial charge in [0.05, 0.1) is 5.25 Å². The number of amides is 3. The maximum absolute atomic E-state index is 12.9. The molecule has 1 aliphatic heterocycles. The quantitative estimate of drug-likeness (QED) is 0.266. The molecule has 5 nitrogen and oxygen atoms in total. The fraction of sp³-hybridized carbons (Fsp3) is 0.800. The molecule has 176 valence electrons. The van der Waals surface area contributed by atoms with Crippen LogP contribution < -0.4 is 5.32 Å². The molecule has 2 atom stereocenters. The minimum absolute atomic E-state index is 0.0461. The molecule has 3 amide bonds. The van der Waals surface area contributed by atoms with Crippen molar-refractivity contribution in [3.05, 3.63) is 12.2 Å². The van der Waals surface area contributed by atoms with Crippen LogP contribution in [0.1, 0.15) is 97.8 Å². The van der Waals surface area contributed by atoms with Gasteiger partial charge in [0.15, 0.2) is 0 Å². The molecular weight excluding hydrogens is 408 g/mol. The highest BCUT2D eigenvalue weighted by molar-refractivity contribution is 8.00. The van der Waals surface area contributed by atoms with Crippen LogP contribution in [0.15, 0.2) is 12.2 Å². The number of nitrogens with one attached hydrogen (secondary N) is 1. The average molecular weight is 451 g/mol. The SMILES string of the molecule is CCCCSC1CC(=O)N(CCC(=O)NC(CC)(CC)C2C/C=C/CCCCC2)C1=O. The molecular formula is C25H42N2O3S. The Labute approximate surface area is 193 Å². The van der Waals surface area contributed by atoms with Crippen LogP contribution >= 0.6 is 11.8 Å². The summed E-state index contributed by atoms with van der Waals surface area (Å²) in [5.41, 5.74) is -0.219. The highest BCUT2D eigenvalue weighted by Crippen LogP contribution is 2.34. The van der Waals surface area contributed by atoms with Crippen LogP contribution in [0.25, 0.3) is 0 Å². The molecule has 1 fully saturated rings. The lowest BCUT2D eigenvalue weighted by molar-refractivity contribution is -0.138. The normalized spacial score (nSPS) is 23.9. The second-order valence-corrected chi connectivity index (χ2v) is 10.3.